The van der Waals surface area contributed by atoms with E-state index in [1.807, 2.05) is 15.5 Å². The molecule has 1 aliphatic heterocycles. The standard InChI is InChI=1S/C22H28ClN7O3S/c1-12(24)21(31)29-6-4-5-13(9-29)10-30-20-18(19(25)26-11-27-20)28-22(30)34-16-8-14(32-2)7-15(33-3)17(16)23/h7-8,11-13H,4-6,9-10,24H2,1-3H3,(H2,25,26,27). The van der Waals surface area contributed by atoms with E-state index < -0.39 is 6.04 Å². The summed E-state index contributed by atoms with van der Waals surface area (Å²) >= 11 is 7.97. The monoisotopic (exact) mass is 505 g/mol. The number of nitrogens with two attached hydrogens (primary N) is 2. The number of aromatic nitrogens is 4. The zero-order chi connectivity index (χ0) is 24.4. The van der Waals surface area contributed by atoms with Crippen LogP contribution < -0.4 is 20.9 Å². The van der Waals surface area contributed by atoms with Crippen LogP contribution in [0.1, 0.15) is 19.8 Å². The number of ether oxygens (including phenoxy) is 2. The van der Waals surface area contributed by atoms with Crippen LogP contribution in [0, 0.1) is 5.92 Å². The minimum atomic E-state index is -0.517. The number of nitrogen functional groups attached to an aromatic ring is 1. The number of carbonyl (C=O) groups excluding carboxylic acids is 1. The van der Waals surface area contributed by atoms with Gasteiger partial charge in [0, 0.05) is 30.6 Å². The molecule has 34 heavy (non-hydrogen) atoms. The van der Waals surface area contributed by atoms with Crippen LogP contribution >= 0.6 is 23.4 Å². The molecule has 1 aliphatic rings. The number of fused-ring (bicyclic) bond motifs is 1. The molecule has 0 spiro atoms. The molecular formula is C22H28ClN7O3S. The zero-order valence-corrected chi connectivity index (χ0v) is 20.9. The second-order valence-electron chi connectivity index (χ2n) is 8.26. The number of likely N-dealkylation sites (tertiary alicyclic amines) is 1. The normalized spacial score (nSPS) is 17.1. The lowest BCUT2D eigenvalue weighted by Gasteiger charge is -2.34. The number of carbonyl (C=O) groups is 1. The highest BCUT2D eigenvalue weighted by atomic mass is 35.5. The second kappa shape index (κ2) is 10.2. The Kier molecular flexibility index (Phi) is 7.34. The van der Waals surface area contributed by atoms with E-state index >= 15 is 0 Å². The van der Waals surface area contributed by atoms with Crippen molar-refractivity contribution >= 4 is 46.3 Å². The summed E-state index contributed by atoms with van der Waals surface area (Å²) in [7, 11) is 3.14. The van der Waals surface area contributed by atoms with Crippen molar-refractivity contribution in [2.75, 3.05) is 33.0 Å². The Morgan fingerprint density at radius 3 is 2.82 bits per heavy atom. The van der Waals surface area contributed by atoms with Crippen LogP contribution in [0.3, 0.4) is 0 Å². The van der Waals surface area contributed by atoms with Gasteiger partial charge < -0.3 is 30.4 Å². The minimum Gasteiger partial charge on any atom is -0.497 e. The quantitative estimate of drug-likeness (QED) is 0.496. The smallest absolute Gasteiger partial charge is 0.239 e. The fourth-order valence-corrected chi connectivity index (χ4v) is 5.40. The van der Waals surface area contributed by atoms with E-state index in [1.54, 1.807) is 27.2 Å². The summed E-state index contributed by atoms with van der Waals surface area (Å²) in [6.07, 6.45) is 3.31. The molecular weight excluding hydrogens is 478 g/mol. The van der Waals surface area contributed by atoms with Crippen LogP contribution in [0.25, 0.3) is 11.2 Å². The first-order valence-corrected chi connectivity index (χ1v) is 12.1. The molecule has 2 aromatic heterocycles. The fourth-order valence-electron chi connectivity index (χ4n) is 4.12. The lowest BCUT2D eigenvalue weighted by molar-refractivity contribution is -0.134. The average molecular weight is 506 g/mol. The van der Waals surface area contributed by atoms with Gasteiger partial charge >= 0.3 is 0 Å². The maximum atomic E-state index is 12.5. The van der Waals surface area contributed by atoms with Crippen molar-refractivity contribution in [3.63, 3.8) is 0 Å². The summed E-state index contributed by atoms with van der Waals surface area (Å²) in [4.78, 5) is 28.3. The van der Waals surface area contributed by atoms with E-state index in [0.29, 0.717) is 51.7 Å². The number of hydrogen-bond donors (Lipinski definition) is 2. The Labute approximate surface area is 207 Å². The Morgan fingerprint density at radius 1 is 1.32 bits per heavy atom. The molecule has 3 heterocycles. The van der Waals surface area contributed by atoms with Crippen molar-refractivity contribution in [3.05, 3.63) is 23.5 Å². The van der Waals surface area contributed by atoms with E-state index in [9.17, 15) is 4.79 Å². The Morgan fingerprint density at radius 2 is 2.12 bits per heavy atom. The maximum Gasteiger partial charge on any atom is 0.239 e. The van der Waals surface area contributed by atoms with Crippen molar-refractivity contribution in [1.82, 2.24) is 24.4 Å². The number of imidazole rings is 1. The first-order chi connectivity index (χ1) is 16.3. The maximum absolute atomic E-state index is 12.5. The van der Waals surface area contributed by atoms with Gasteiger partial charge in [-0.2, -0.15) is 0 Å². The number of anilines is 1. The predicted molar refractivity (Wildman–Crippen MR) is 131 cm³/mol. The molecule has 4 rings (SSSR count). The summed E-state index contributed by atoms with van der Waals surface area (Å²) in [5.41, 5.74) is 13.1. The minimum absolute atomic E-state index is 0.0309. The van der Waals surface area contributed by atoms with E-state index in [0.717, 1.165) is 24.3 Å². The Balaban J connectivity index is 1.71. The largest absolute Gasteiger partial charge is 0.497 e. The van der Waals surface area contributed by atoms with E-state index in [1.165, 1.54) is 18.1 Å². The predicted octanol–water partition coefficient (Wildman–Crippen LogP) is 2.82. The lowest BCUT2D eigenvalue weighted by Crippen LogP contribution is -2.47. The number of hydrogen-bond acceptors (Lipinski definition) is 9. The van der Waals surface area contributed by atoms with Gasteiger partial charge in [0.15, 0.2) is 22.1 Å². The molecule has 1 saturated heterocycles. The number of benzene rings is 1. The lowest BCUT2D eigenvalue weighted by atomic mass is 9.97. The molecule has 0 aliphatic carbocycles. The van der Waals surface area contributed by atoms with Crippen LogP contribution in [-0.4, -0.2) is 63.7 Å². The number of methoxy groups -OCH3 is 2. The highest BCUT2D eigenvalue weighted by Gasteiger charge is 2.28. The topological polar surface area (TPSA) is 134 Å². The van der Waals surface area contributed by atoms with Gasteiger partial charge in [-0.15, -0.1) is 0 Å². The van der Waals surface area contributed by atoms with E-state index in [-0.39, 0.29) is 11.8 Å². The molecule has 0 bridgehead atoms. The van der Waals surface area contributed by atoms with Gasteiger partial charge in [-0.25, -0.2) is 15.0 Å². The second-order valence-corrected chi connectivity index (χ2v) is 9.65. The van der Waals surface area contributed by atoms with Gasteiger partial charge in [-0.1, -0.05) is 11.6 Å². The van der Waals surface area contributed by atoms with Gasteiger partial charge in [-0.3, -0.25) is 4.79 Å². The Bertz CT molecular complexity index is 1200. The third-order valence-electron chi connectivity index (χ3n) is 5.82. The van der Waals surface area contributed by atoms with Crippen LogP contribution in [-0.2, 0) is 11.3 Å². The number of piperidine rings is 1. The molecule has 4 N–H and O–H groups in total. The molecule has 0 radical (unpaired) electrons. The number of halogens is 1. The average Bonchev–Trinajstić information content (AvgIpc) is 3.18. The molecule has 1 fully saturated rings. The molecule has 1 aromatic carbocycles. The molecule has 0 saturated carbocycles. The van der Waals surface area contributed by atoms with Gasteiger partial charge in [0.05, 0.1) is 25.3 Å². The number of amides is 1. The van der Waals surface area contributed by atoms with Crippen molar-refractivity contribution in [3.8, 4) is 11.5 Å². The third kappa shape index (κ3) is 4.86. The summed E-state index contributed by atoms with van der Waals surface area (Å²) in [6.45, 7) is 3.67. The molecule has 2 atom stereocenters. The zero-order valence-electron chi connectivity index (χ0n) is 19.3. The fraction of sp³-hybridized carbons (Fsp3) is 0.455. The van der Waals surface area contributed by atoms with Gasteiger partial charge in [0.2, 0.25) is 5.91 Å². The molecule has 182 valence electrons. The van der Waals surface area contributed by atoms with Crippen molar-refractivity contribution < 1.29 is 14.3 Å². The van der Waals surface area contributed by atoms with Crippen LogP contribution in [0.5, 0.6) is 11.5 Å². The first kappa shape index (κ1) is 24.4. The summed E-state index contributed by atoms with van der Waals surface area (Å²) in [5, 5.41) is 1.12. The summed E-state index contributed by atoms with van der Waals surface area (Å²) < 4.78 is 12.8. The van der Waals surface area contributed by atoms with E-state index in [4.69, 9.17) is 37.5 Å². The van der Waals surface area contributed by atoms with Crippen molar-refractivity contribution in [2.24, 2.45) is 11.7 Å². The van der Waals surface area contributed by atoms with Crippen molar-refractivity contribution in [2.45, 2.75) is 42.4 Å². The molecule has 10 nitrogen and oxygen atoms in total. The number of rotatable bonds is 7. The third-order valence-corrected chi connectivity index (χ3v) is 7.36. The van der Waals surface area contributed by atoms with Crippen LogP contribution in [0.15, 0.2) is 28.5 Å². The molecule has 3 aromatic rings. The molecule has 1 amide bonds. The highest BCUT2D eigenvalue weighted by Crippen LogP contribution is 2.42. The number of nitrogens with zero attached hydrogens (tertiary/aromatic N) is 5. The van der Waals surface area contributed by atoms with Crippen LogP contribution in [0.4, 0.5) is 5.82 Å². The first-order valence-electron chi connectivity index (χ1n) is 10.9. The molecule has 12 heteroatoms. The summed E-state index contributed by atoms with van der Waals surface area (Å²) in [6, 6.07) is 3.04. The van der Waals surface area contributed by atoms with Crippen molar-refractivity contribution in [1.29, 1.82) is 0 Å². The Hall–Kier alpha value is -2.76. The summed E-state index contributed by atoms with van der Waals surface area (Å²) in [5.74, 6) is 1.60. The van der Waals surface area contributed by atoms with Gasteiger partial charge in [0.25, 0.3) is 0 Å². The van der Waals surface area contributed by atoms with Gasteiger partial charge in [0.1, 0.15) is 17.8 Å². The SMILES string of the molecule is COc1cc(OC)c(Cl)c(Sc2nc3c(N)ncnc3n2CC2CCCN(C(=O)C(C)N)C2)c1. The van der Waals surface area contributed by atoms with Gasteiger partial charge in [-0.05, 0) is 43.5 Å². The van der Waals surface area contributed by atoms with E-state index in [2.05, 4.69) is 9.97 Å². The highest BCUT2D eigenvalue weighted by molar-refractivity contribution is 7.99. The molecule has 2 unspecified atom stereocenters. The van der Waals surface area contributed by atoms with Crippen LogP contribution in [0.2, 0.25) is 5.02 Å².